The first kappa shape index (κ1) is 13.7. The highest BCUT2D eigenvalue weighted by atomic mass is 16.5. The molecule has 5 nitrogen and oxygen atoms in total. The van der Waals surface area contributed by atoms with Crippen LogP contribution in [0.4, 0.5) is 5.95 Å². The highest BCUT2D eigenvalue weighted by Crippen LogP contribution is 2.12. The standard InChI is InChI=1S/C12H21N3O2/c1-3-4-10(5-6-16)7-13-12-14-8-11(17-2)9-15-12/h8-10,16H,3-7H2,1-2H3,(H,13,14,15). The second-order valence-electron chi connectivity index (χ2n) is 3.99. The molecule has 0 fully saturated rings. The van der Waals surface area contributed by atoms with Crippen molar-refractivity contribution in [2.24, 2.45) is 5.92 Å². The maximum absolute atomic E-state index is 8.95. The van der Waals surface area contributed by atoms with Crippen LogP contribution in [0.2, 0.25) is 0 Å². The van der Waals surface area contributed by atoms with Crippen LogP contribution in [-0.4, -0.2) is 35.3 Å². The van der Waals surface area contributed by atoms with Gasteiger partial charge in [0.2, 0.25) is 5.95 Å². The molecule has 1 aromatic heterocycles. The summed E-state index contributed by atoms with van der Waals surface area (Å²) in [5.74, 6) is 1.72. The summed E-state index contributed by atoms with van der Waals surface area (Å²) in [6.45, 7) is 3.17. The van der Waals surface area contributed by atoms with Gasteiger partial charge in [-0.3, -0.25) is 0 Å². The van der Waals surface area contributed by atoms with Gasteiger partial charge in [0.1, 0.15) is 0 Å². The van der Waals surface area contributed by atoms with E-state index in [0.717, 1.165) is 25.8 Å². The van der Waals surface area contributed by atoms with E-state index in [1.807, 2.05) is 0 Å². The van der Waals surface area contributed by atoms with Gasteiger partial charge in [0.05, 0.1) is 19.5 Å². The zero-order valence-electron chi connectivity index (χ0n) is 10.5. The van der Waals surface area contributed by atoms with Crippen molar-refractivity contribution in [2.45, 2.75) is 26.2 Å². The van der Waals surface area contributed by atoms with Crippen LogP contribution < -0.4 is 10.1 Å². The van der Waals surface area contributed by atoms with E-state index in [-0.39, 0.29) is 6.61 Å². The molecule has 1 heterocycles. The summed E-state index contributed by atoms with van der Waals surface area (Å²) < 4.78 is 4.99. The lowest BCUT2D eigenvalue weighted by Gasteiger charge is -2.15. The fourth-order valence-corrected chi connectivity index (χ4v) is 1.69. The van der Waals surface area contributed by atoms with Gasteiger partial charge in [0, 0.05) is 13.2 Å². The lowest BCUT2D eigenvalue weighted by molar-refractivity contribution is 0.255. The SMILES string of the molecule is CCCC(CCO)CNc1ncc(OC)cn1. The van der Waals surface area contributed by atoms with Crippen molar-refractivity contribution in [1.29, 1.82) is 0 Å². The van der Waals surface area contributed by atoms with Crippen molar-refractivity contribution in [3.8, 4) is 5.75 Å². The molecule has 0 aliphatic heterocycles. The molecule has 5 heteroatoms. The maximum atomic E-state index is 8.95. The van der Waals surface area contributed by atoms with Crippen molar-refractivity contribution in [1.82, 2.24) is 9.97 Å². The Hall–Kier alpha value is -1.36. The molecule has 1 aromatic rings. The van der Waals surface area contributed by atoms with Gasteiger partial charge in [-0.15, -0.1) is 0 Å². The van der Waals surface area contributed by atoms with Crippen LogP contribution in [0.5, 0.6) is 5.75 Å². The fourth-order valence-electron chi connectivity index (χ4n) is 1.69. The molecule has 1 rings (SSSR count). The van der Waals surface area contributed by atoms with Gasteiger partial charge >= 0.3 is 0 Å². The Morgan fingerprint density at radius 2 is 2.06 bits per heavy atom. The van der Waals surface area contributed by atoms with Gasteiger partial charge in [-0.2, -0.15) is 0 Å². The Kier molecular flexibility index (Phi) is 6.32. The Morgan fingerprint density at radius 1 is 1.35 bits per heavy atom. The number of aliphatic hydroxyl groups excluding tert-OH is 1. The summed E-state index contributed by atoms with van der Waals surface area (Å²) in [5.41, 5.74) is 0. The summed E-state index contributed by atoms with van der Waals surface area (Å²) in [6, 6.07) is 0. The third-order valence-corrected chi connectivity index (χ3v) is 2.65. The number of aliphatic hydroxyl groups is 1. The van der Waals surface area contributed by atoms with Crippen molar-refractivity contribution in [2.75, 3.05) is 25.6 Å². The van der Waals surface area contributed by atoms with Crippen molar-refractivity contribution < 1.29 is 9.84 Å². The lowest BCUT2D eigenvalue weighted by atomic mass is 10.0. The third-order valence-electron chi connectivity index (χ3n) is 2.65. The zero-order chi connectivity index (χ0) is 12.5. The van der Waals surface area contributed by atoms with Crippen LogP contribution in [0.3, 0.4) is 0 Å². The van der Waals surface area contributed by atoms with E-state index < -0.39 is 0 Å². The summed E-state index contributed by atoms with van der Waals surface area (Å²) in [5, 5.41) is 12.1. The van der Waals surface area contributed by atoms with Gasteiger partial charge in [0.15, 0.2) is 5.75 Å². The van der Waals surface area contributed by atoms with Crippen LogP contribution in [-0.2, 0) is 0 Å². The monoisotopic (exact) mass is 239 g/mol. The van der Waals surface area contributed by atoms with Gasteiger partial charge in [-0.25, -0.2) is 9.97 Å². The van der Waals surface area contributed by atoms with Crippen molar-refractivity contribution in [3.05, 3.63) is 12.4 Å². The quantitative estimate of drug-likeness (QED) is 0.722. The molecule has 1 unspecified atom stereocenters. The van der Waals surface area contributed by atoms with Crippen LogP contribution >= 0.6 is 0 Å². The molecular weight excluding hydrogens is 218 g/mol. The first-order chi connectivity index (χ1) is 8.30. The molecule has 0 saturated heterocycles. The molecule has 2 N–H and O–H groups in total. The smallest absolute Gasteiger partial charge is 0.222 e. The second-order valence-corrected chi connectivity index (χ2v) is 3.99. The number of hydrogen-bond acceptors (Lipinski definition) is 5. The molecule has 96 valence electrons. The normalized spacial score (nSPS) is 12.2. The zero-order valence-corrected chi connectivity index (χ0v) is 10.5. The number of rotatable bonds is 8. The minimum Gasteiger partial charge on any atom is -0.494 e. The summed E-state index contributed by atoms with van der Waals surface area (Å²) in [4.78, 5) is 8.26. The lowest BCUT2D eigenvalue weighted by Crippen LogP contribution is -2.17. The Balaban J connectivity index is 2.41. The van der Waals surface area contributed by atoms with E-state index in [4.69, 9.17) is 9.84 Å². The van der Waals surface area contributed by atoms with E-state index in [1.54, 1.807) is 19.5 Å². The van der Waals surface area contributed by atoms with Crippen LogP contribution in [0.15, 0.2) is 12.4 Å². The fraction of sp³-hybridized carbons (Fsp3) is 0.667. The maximum Gasteiger partial charge on any atom is 0.222 e. The Labute approximate surface area is 102 Å². The number of methoxy groups -OCH3 is 1. The summed E-state index contributed by atoms with van der Waals surface area (Å²) in [6.07, 6.45) is 6.31. The average Bonchev–Trinajstić information content (AvgIpc) is 2.37. The minimum atomic E-state index is 0.232. The van der Waals surface area contributed by atoms with E-state index in [2.05, 4.69) is 22.2 Å². The Morgan fingerprint density at radius 3 is 2.59 bits per heavy atom. The largest absolute Gasteiger partial charge is 0.494 e. The molecule has 0 aliphatic carbocycles. The number of nitrogens with one attached hydrogen (secondary N) is 1. The number of nitrogens with zero attached hydrogens (tertiary/aromatic N) is 2. The number of aromatic nitrogens is 2. The molecule has 17 heavy (non-hydrogen) atoms. The highest BCUT2D eigenvalue weighted by Gasteiger charge is 2.07. The van der Waals surface area contributed by atoms with Crippen molar-refractivity contribution >= 4 is 5.95 Å². The minimum absolute atomic E-state index is 0.232. The van der Waals surface area contributed by atoms with Crippen molar-refractivity contribution in [3.63, 3.8) is 0 Å². The van der Waals surface area contributed by atoms with E-state index in [0.29, 0.717) is 17.6 Å². The number of hydrogen-bond donors (Lipinski definition) is 2. The topological polar surface area (TPSA) is 67.3 Å². The van der Waals surface area contributed by atoms with Gasteiger partial charge < -0.3 is 15.2 Å². The van der Waals surface area contributed by atoms with Crippen LogP contribution in [0.1, 0.15) is 26.2 Å². The van der Waals surface area contributed by atoms with Gasteiger partial charge in [-0.05, 0) is 18.8 Å². The molecule has 0 aromatic carbocycles. The summed E-state index contributed by atoms with van der Waals surface area (Å²) >= 11 is 0. The van der Waals surface area contributed by atoms with Gasteiger partial charge in [-0.1, -0.05) is 13.3 Å². The molecule has 0 aliphatic rings. The Bertz CT molecular complexity index is 297. The van der Waals surface area contributed by atoms with E-state index in [9.17, 15) is 0 Å². The summed E-state index contributed by atoms with van der Waals surface area (Å²) in [7, 11) is 1.59. The predicted molar refractivity (Wildman–Crippen MR) is 67.2 cm³/mol. The van der Waals surface area contributed by atoms with Crippen LogP contribution in [0, 0.1) is 5.92 Å². The first-order valence-corrected chi connectivity index (χ1v) is 6.00. The average molecular weight is 239 g/mol. The highest BCUT2D eigenvalue weighted by molar-refractivity contribution is 5.26. The molecule has 0 saturated carbocycles. The van der Waals surface area contributed by atoms with Crippen LogP contribution in [0.25, 0.3) is 0 Å². The predicted octanol–water partition coefficient (Wildman–Crippen LogP) is 1.70. The van der Waals surface area contributed by atoms with E-state index >= 15 is 0 Å². The number of ether oxygens (including phenoxy) is 1. The van der Waals surface area contributed by atoms with E-state index in [1.165, 1.54) is 0 Å². The van der Waals surface area contributed by atoms with Gasteiger partial charge in [0.25, 0.3) is 0 Å². The molecule has 0 bridgehead atoms. The number of anilines is 1. The first-order valence-electron chi connectivity index (χ1n) is 6.00. The molecule has 0 radical (unpaired) electrons. The molecule has 0 amide bonds. The molecular formula is C12H21N3O2. The second kappa shape index (κ2) is 7.84. The molecule has 1 atom stereocenters. The third kappa shape index (κ3) is 4.99. The molecule has 0 spiro atoms.